The second kappa shape index (κ2) is 5.08. The molecule has 0 radical (unpaired) electrons. The Bertz CT molecular complexity index is 721. The normalized spacial score (nSPS) is 12.0. The first-order chi connectivity index (χ1) is 9.24. The first-order valence-corrected chi connectivity index (χ1v) is 7.77. The standard InChI is InChI=1S/C11H8N4O2SSe/c16-15(17)10-5-4-7(18-10)6-12-8-2-1-3-9-11(8)14-19-13-9/h1-5,12H,6H2. The molecule has 1 aromatic heterocycles. The van der Waals surface area contributed by atoms with Gasteiger partial charge >= 0.3 is 118 Å². The minimum atomic E-state index is -0.370. The molecule has 1 aromatic carbocycles. The van der Waals surface area contributed by atoms with Crippen LogP contribution < -0.4 is 5.32 Å². The molecule has 2 aromatic rings. The molecule has 6 nitrogen and oxygen atoms in total. The number of anilines is 1. The summed E-state index contributed by atoms with van der Waals surface area (Å²) in [5.74, 6) is 0. The number of nitro groups is 1. The fourth-order valence-electron chi connectivity index (χ4n) is 1.69. The molecule has 96 valence electrons. The zero-order chi connectivity index (χ0) is 13.2. The van der Waals surface area contributed by atoms with Crippen LogP contribution in [0, 0.1) is 10.1 Å². The van der Waals surface area contributed by atoms with Gasteiger partial charge in [-0.25, -0.2) is 0 Å². The topological polar surface area (TPSA) is 79.9 Å². The number of thiophene rings is 1. The van der Waals surface area contributed by atoms with Crippen molar-refractivity contribution in [2.75, 3.05) is 5.32 Å². The predicted octanol–water partition coefficient (Wildman–Crippen LogP) is 3.62. The Hall–Kier alpha value is -1.76. The molecule has 19 heavy (non-hydrogen) atoms. The molecule has 0 fully saturated rings. The molecular formula is C11H8N4O2SSe. The number of hydrogen-bond acceptors (Lipinski definition) is 6. The van der Waals surface area contributed by atoms with Gasteiger partial charge < -0.3 is 0 Å². The van der Waals surface area contributed by atoms with Gasteiger partial charge in [-0.15, -0.1) is 0 Å². The quantitative estimate of drug-likeness (QED) is 0.448. The minimum absolute atomic E-state index is 0.0537. The summed E-state index contributed by atoms with van der Waals surface area (Å²) in [7, 11) is 0. The third kappa shape index (κ3) is 2.51. The Balaban J connectivity index is 1.75. The van der Waals surface area contributed by atoms with Gasteiger partial charge in [0.05, 0.1) is 0 Å². The van der Waals surface area contributed by atoms with E-state index < -0.39 is 0 Å². The first kappa shape index (κ1) is 12.3. The van der Waals surface area contributed by atoms with Crippen LogP contribution in [-0.4, -0.2) is 19.5 Å². The third-order valence-corrected chi connectivity index (χ3v) is 4.74. The average Bonchev–Trinajstić information content (AvgIpc) is 3.05. The van der Waals surface area contributed by atoms with Gasteiger partial charge in [-0.2, -0.15) is 0 Å². The van der Waals surface area contributed by atoms with Crippen LogP contribution in [0.4, 0.5) is 22.1 Å². The van der Waals surface area contributed by atoms with Gasteiger partial charge in [-0.05, 0) is 0 Å². The predicted molar refractivity (Wildman–Crippen MR) is 74.7 cm³/mol. The van der Waals surface area contributed by atoms with Gasteiger partial charge in [0.25, 0.3) is 0 Å². The number of rotatable bonds is 4. The van der Waals surface area contributed by atoms with Crippen LogP contribution in [0.3, 0.4) is 0 Å². The summed E-state index contributed by atoms with van der Waals surface area (Å²) in [6.45, 7) is 0.553. The van der Waals surface area contributed by atoms with Crippen LogP contribution >= 0.6 is 11.3 Å². The molecule has 1 aliphatic rings. The van der Waals surface area contributed by atoms with Crippen molar-refractivity contribution < 1.29 is 4.92 Å². The maximum atomic E-state index is 10.6. The van der Waals surface area contributed by atoms with Gasteiger partial charge in [0, 0.05) is 0 Å². The van der Waals surface area contributed by atoms with Crippen molar-refractivity contribution in [3.8, 4) is 0 Å². The van der Waals surface area contributed by atoms with Gasteiger partial charge in [-0.3, -0.25) is 0 Å². The average molecular weight is 339 g/mol. The van der Waals surface area contributed by atoms with E-state index in [0.717, 1.165) is 21.9 Å². The van der Waals surface area contributed by atoms with E-state index in [1.165, 1.54) is 17.4 Å². The number of hydrogen-bond donors (Lipinski definition) is 1. The zero-order valence-electron chi connectivity index (χ0n) is 9.57. The van der Waals surface area contributed by atoms with Crippen LogP contribution in [0.15, 0.2) is 38.3 Å². The first-order valence-electron chi connectivity index (χ1n) is 5.42. The molecule has 0 atom stereocenters. The fraction of sp³-hybridized carbons (Fsp3) is 0.0909. The molecule has 0 aliphatic carbocycles. The van der Waals surface area contributed by atoms with Crippen molar-refractivity contribution in [1.29, 1.82) is 0 Å². The molecule has 2 heterocycles. The van der Waals surface area contributed by atoms with Crippen LogP contribution in [0.1, 0.15) is 4.88 Å². The van der Waals surface area contributed by atoms with Crippen molar-refractivity contribution in [3.63, 3.8) is 0 Å². The van der Waals surface area contributed by atoms with E-state index in [-0.39, 0.29) is 24.5 Å². The summed E-state index contributed by atoms with van der Waals surface area (Å²) < 4.78 is 8.68. The Morgan fingerprint density at radius 3 is 3.00 bits per heavy atom. The molecular weight excluding hydrogens is 331 g/mol. The SMILES string of the molecule is O=[N+]([O-])c1ccc(CNc2cccc3c2N=[Se]=N3)s1. The molecule has 0 bridgehead atoms. The van der Waals surface area contributed by atoms with E-state index in [2.05, 4.69) is 13.2 Å². The van der Waals surface area contributed by atoms with E-state index in [0.29, 0.717) is 6.54 Å². The van der Waals surface area contributed by atoms with Crippen LogP contribution in [-0.2, 0) is 6.54 Å². The monoisotopic (exact) mass is 340 g/mol. The molecule has 0 spiro atoms. The second-order valence-electron chi connectivity index (χ2n) is 3.79. The number of nitrogens with one attached hydrogen (secondary N) is 1. The Kier molecular flexibility index (Phi) is 3.29. The van der Waals surface area contributed by atoms with Crippen molar-refractivity contribution >= 4 is 48.0 Å². The summed E-state index contributed by atoms with van der Waals surface area (Å²) in [5, 5.41) is 14.0. The number of benzene rings is 1. The van der Waals surface area contributed by atoms with Crippen LogP contribution in [0.25, 0.3) is 0 Å². The maximum absolute atomic E-state index is 10.6. The van der Waals surface area contributed by atoms with E-state index in [9.17, 15) is 10.1 Å². The summed E-state index contributed by atoms with van der Waals surface area (Å²) in [6, 6.07) is 9.11. The van der Waals surface area contributed by atoms with E-state index in [1.807, 2.05) is 18.2 Å². The Labute approximate surface area is 118 Å². The third-order valence-electron chi connectivity index (χ3n) is 2.57. The van der Waals surface area contributed by atoms with Crippen molar-refractivity contribution in [1.82, 2.24) is 0 Å². The summed E-state index contributed by atoms with van der Waals surface area (Å²) >= 11 is 1.13. The molecule has 0 saturated carbocycles. The van der Waals surface area contributed by atoms with Crippen molar-refractivity contribution in [3.05, 3.63) is 45.3 Å². The van der Waals surface area contributed by atoms with Gasteiger partial charge in [0.1, 0.15) is 0 Å². The summed E-state index contributed by atoms with van der Waals surface area (Å²) in [6.07, 6.45) is 0. The van der Waals surface area contributed by atoms with Gasteiger partial charge in [0.2, 0.25) is 0 Å². The molecule has 8 heteroatoms. The van der Waals surface area contributed by atoms with E-state index in [4.69, 9.17) is 0 Å². The molecule has 1 aliphatic heterocycles. The zero-order valence-corrected chi connectivity index (χ0v) is 12.1. The van der Waals surface area contributed by atoms with Gasteiger partial charge in [0.15, 0.2) is 0 Å². The fourth-order valence-corrected chi connectivity index (χ4v) is 3.60. The van der Waals surface area contributed by atoms with Crippen molar-refractivity contribution in [2.45, 2.75) is 6.54 Å². The Morgan fingerprint density at radius 1 is 1.32 bits per heavy atom. The summed E-state index contributed by atoms with van der Waals surface area (Å²) in [4.78, 5) is 11.2. The molecule has 1 N–H and O–H groups in total. The second-order valence-corrected chi connectivity index (χ2v) is 6.04. The van der Waals surface area contributed by atoms with Crippen LogP contribution in [0.5, 0.6) is 0 Å². The van der Waals surface area contributed by atoms with E-state index >= 15 is 0 Å². The molecule has 0 unspecified atom stereocenters. The van der Waals surface area contributed by atoms with Gasteiger partial charge in [-0.1, -0.05) is 0 Å². The molecule has 0 amide bonds. The van der Waals surface area contributed by atoms with Crippen molar-refractivity contribution in [2.24, 2.45) is 7.92 Å². The summed E-state index contributed by atoms with van der Waals surface area (Å²) in [5.41, 5.74) is 2.74. The molecule has 0 saturated heterocycles. The van der Waals surface area contributed by atoms with Crippen LogP contribution in [0.2, 0.25) is 0 Å². The number of nitrogens with zero attached hydrogens (tertiary/aromatic N) is 3. The Morgan fingerprint density at radius 2 is 2.21 bits per heavy atom. The number of fused-ring (bicyclic) bond motifs is 1. The van der Waals surface area contributed by atoms with E-state index in [1.54, 1.807) is 6.07 Å². The molecule has 3 rings (SSSR count).